The van der Waals surface area contributed by atoms with Crippen LogP contribution in [-0.4, -0.2) is 52.0 Å². The number of hydrogen-bond donors (Lipinski definition) is 0. The van der Waals surface area contributed by atoms with Crippen LogP contribution >= 0.6 is 0 Å². The van der Waals surface area contributed by atoms with Gasteiger partial charge in [-0.1, -0.05) is 5.16 Å². The van der Waals surface area contributed by atoms with E-state index in [1.807, 2.05) is 6.92 Å². The Morgan fingerprint density at radius 2 is 1.90 bits per heavy atom. The third kappa shape index (κ3) is 3.61. The molecule has 116 valence electrons. The number of carbonyl (C=O) groups excluding carboxylic acids is 1. The minimum absolute atomic E-state index is 0.212. The summed E-state index contributed by atoms with van der Waals surface area (Å²) in [7, 11) is 0. The van der Waals surface area contributed by atoms with E-state index in [-0.39, 0.29) is 5.92 Å². The first kappa shape index (κ1) is 14.5. The van der Waals surface area contributed by atoms with E-state index in [1.165, 1.54) is 19.3 Å². The zero-order chi connectivity index (χ0) is 14.7. The van der Waals surface area contributed by atoms with Gasteiger partial charge in [0.05, 0.1) is 6.54 Å². The Hall–Kier alpha value is -1.43. The molecular weight excluding hydrogens is 268 g/mol. The molecule has 0 saturated carbocycles. The Labute approximate surface area is 125 Å². The number of aryl methyl sites for hydroxylation is 1. The minimum Gasteiger partial charge on any atom is -0.342 e. The summed E-state index contributed by atoms with van der Waals surface area (Å²) in [6.07, 6.45) is 5.50. The average Bonchev–Trinajstić information content (AvgIpc) is 2.93. The number of rotatable bonds is 3. The van der Waals surface area contributed by atoms with E-state index >= 15 is 0 Å². The van der Waals surface area contributed by atoms with Crippen LogP contribution in [0.3, 0.4) is 0 Å². The van der Waals surface area contributed by atoms with Crippen molar-refractivity contribution in [3.05, 3.63) is 11.7 Å². The van der Waals surface area contributed by atoms with Gasteiger partial charge in [-0.2, -0.15) is 4.98 Å². The molecule has 2 aliphatic rings. The van der Waals surface area contributed by atoms with Crippen LogP contribution in [0.2, 0.25) is 0 Å². The Bertz CT molecular complexity index is 474. The maximum Gasteiger partial charge on any atom is 0.240 e. The molecule has 0 unspecified atom stereocenters. The SMILES string of the molecule is Cc1noc(CN2CCC(C(=O)N3CCCCC3)CC2)n1. The van der Waals surface area contributed by atoms with E-state index in [0.29, 0.717) is 24.2 Å². The molecule has 6 nitrogen and oxygen atoms in total. The number of piperidine rings is 2. The standard InChI is InChI=1S/C15H24N4O2/c1-12-16-14(21-17-12)11-18-9-5-13(6-10-18)15(20)19-7-3-2-4-8-19/h13H,2-11H2,1H3. The normalized spacial score (nSPS) is 21.7. The Kier molecular flexibility index (Phi) is 4.53. The Morgan fingerprint density at radius 1 is 1.19 bits per heavy atom. The second kappa shape index (κ2) is 6.56. The molecule has 0 aromatic carbocycles. The molecule has 21 heavy (non-hydrogen) atoms. The summed E-state index contributed by atoms with van der Waals surface area (Å²) in [5, 5.41) is 3.81. The monoisotopic (exact) mass is 292 g/mol. The van der Waals surface area contributed by atoms with E-state index in [1.54, 1.807) is 0 Å². The highest BCUT2D eigenvalue weighted by atomic mass is 16.5. The van der Waals surface area contributed by atoms with Gasteiger partial charge in [0, 0.05) is 19.0 Å². The van der Waals surface area contributed by atoms with Crippen molar-refractivity contribution in [2.75, 3.05) is 26.2 Å². The number of amides is 1. The van der Waals surface area contributed by atoms with Crippen LogP contribution in [0.5, 0.6) is 0 Å². The molecule has 3 heterocycles. The summed E-state index contributed by atoms with van der Waals surface area (Å²) in [5.41, 5.74) is 0. The van der Waals surface area contributed by atoms with Crippen molar-refractivity contribution in [2.24, 2.45) is 5.92 Å². The molecule has 0 atom stereocenters. The quantitative estimate of drug-likeness (QED) is 0.847. The first-order chi connectivity index (χ1) is 10.2. The van der Waals surface area contributed by atoms with Gasteiger partial charge < -0.3 is 9.42 Å². The number of nitrogens with zero attached hydrogens (tertiary/aromatic N) is 4. The molecule has 1 aromatic heterocycles. The van der Waals surface area contributed by atoms with Crippen LogP contribution in [0, 0.1) is 12.8 Å². The summed E-state index contributed by atoms with van der Waals surface area (Å²) in [6.45, 7) is 6.32. The molecule has 2 aliphatic heterocycles. The van der Waals surface area contributed by atoms with E-state index in [4.69, 9.17) is 4.52 Å². The first-order valence-electron chi connectivity index (χ1n) is 8.03. The topological polar surface area (TPSA) is 62.5 Å². The van der Waals surface area contributed by atoms with Crippen molar-refractivity contribution < 1.29 is 9.32 Å². The van der Waals surface area contributed by atoms with E-state index < -0.39 is 0 Å². The van der Waals surface area contributed by atoms with Gasteiger partial charge in [0.15, 0.2) is 5.82 Å². The number of carbonyl (C=O) groups is 1. The molecule has 1 amide bonds. The van der Waals surface area contributed by atoms with Crippen molar-refractivity contribution in [1.29, 1.82) is 0 Å². The second-order valence-corrected chi connectivity index (χ2v) is 6.17. The molecule has 0 N–H and O–H groups in total. The molecule has 0 bridgehead atoms. The fourth-order valence-electron chi connectivity index (χ4n) is 3.31. The molecule has 3 rings (SSSR count). The molecule has 0 spiro atoms. The fourth-order valence-corrected chi connectivity index (χ4v) is 3.31. The maximum atomic E-state index is 12.5. The van der Waals surface area contributed by atoms with Crippen LogP contribution in [0.25, 0.3) is 0 Å². The summed E-state index contributed by atoms with van der Waals surface area (Å²) in [4.78, 5) is 21.1. The highest BCUT2D eigenvalue weighted by Gasteiger charge is 2.29. The lowest BCUT2D eigenvalue weighted by Crippen LogP contribution is -2.44. The van der Waals surface area contributed by atoms with E-state index in [2.05, 4.69) is 19.9 Å². The highest BCUT2D eigenvalue weighted by molar-refractivity contribution is 5.79. The smallest absolute Gasteiger partial charge is 0.240 e. The number of hydrogen-bond acceptors (Lipinski definition) is 5. The molecule has 2 saturated heterocycles. The zero-order valence-electron chi connectivity index (χ0n) is 12.8. The number of likely N-dealkylation sites (tertiary alicyclic amines) is 2. The summed E-state index contributed by atoms with van der Waals surface area (Å²) in [5.74, 6) is 1.94. The Morgan fingerprint density at radius 3 is 2.52 bits per heavy atom. The maximum absolute atomic E-state index is 12.5. The van der Waals surface area contributed by atoms with Crippen LogP contribution < -0.4 is 0 Å². The van der Waals surface area contributed by atoms with Crippen molar-refractivity contribution in [2.45, 2.75) is 45.6 Å². The largest absolute Gasteiger partial charge is 0.342 e. The van der Waals surface area contributed by atoms with Crippen LogP contribution in [0.4, 0.5) is 0 Å². The van der Waals surface area contributed by atoms with Gasteiger partial charge in [-0.3, -0.25) is 9.69 Å². The summed E-state index contributed by atoms with van der Waals surface area (Å²) < 4.78 is 5.16. The van der Waals surface area contributed by atoms with Crippen LogP contribution in [-0.2, 0) is 11.3 Å². The van der Waals surface area contributed by atoms with Gasteiger partial charge in [0.2, 0.25) is 11.8 Å². The van der Waals surface area contributed by atoms with Crippen molar-refractivity contribution in [3.8, 4) is 0 Å². The highest BCUT2D eigenvalue weighted by Crippen LogP contribution is 2.22. The zero-order valence-corrected chi connectivity index (χ0v) is 12.8. The molecule has 0 aliphatic carbocycles. The van der Waals surface area contributed by atoms with Gasteiger partial charge in [-0.15, -0.1) is 0 Å². The van der Waals surface area contributed by atoms with Gasteiger partial charge in [-0.05, 0) is 52.1 Å². The van der Waals surface area contributed by atoms with Crippen LogP contribution in [0.15, 0.2) is 4.52 Å². The van der Waals surface area contributed by atoms with Gasteiger partial charge in [0.25, 0.3) is 0 Å². The van der Waals surface area contributed by atoms with Gasteiger partial charge >= 0.3 is 0 Å². The molecule has 0 radical (unpaired) electrons. The van der Waals surface area contributed by atoms with Crippen LogP contribution in [0.1, 0.15) is 43.8 Å². The fraction of sp³-hybridized carbons (Fsp3) is 0.800. The third-order valence-electron chi connectivity index (χ3n) is 4.53. The lowest BCUT2D eigenvalue weighted by molar-refractivity contribution is -0.138. The average molecular weight is 292 g/mol. The first-order valence-corrected chi connectivity index (χ1v) is 8.03. The molecule has 6 heteroatoms. The Balaban J connectivity index is 1.47. The van der Waals surface area contributed by atoms with Gasteiger partial charge in [0.1, 0.15) is 0 Å². The van der Waals surface area contributed by atoms with E-state index in [9.17, 15) is 4.79 Å². The molecule has 1 aromatic rings. The predicted molar refractivity (Wildman–Crippen MR) is 77.5 cm³/mol. The minimum atomic E-state index is 0.212. The van der Waals surface area contributed by atoms with Crippen molar-refractivity contribution in [3.63, 3.8) is 0 Å². The molecule has 2 fully saturated rings. The van der Waals surface area contributed by atoms with E-state index in [0.717, 1.165) is 39.0 Å². The van der Waals surface area contributed by atoms with Crippen molar-refractivity contribution in [1.82, 2.24) is 19.9 Å². The lowest BCUT2D eigenvalue weighted by Gasteiger charge is -2.35. The number of aromatic nitrogens is 2. The van der Waals surface area contributed by atoms with Gasteiger partial charge in [-0.25, -0.2) is 0 Å². The third-order valence-corrected chi connectivity index (χ3v) is 4.53. The second-order valence-electron chi connectivity index (χ2n) is 6.17. The van der Waals surface area contributed by atoms with Crippen molar-refractivity contribution >= 4 is 5.91 Å². The lowest BCUT2D eigenvalue weighted by atomic mass is 9.94. The summed E-state index contributed by atoms with van der Waals surface area (Å²) >= 11 is 0. The predicted octanol–water partition coefficient (Wildman–Crippen LogP) is 1.60. The molecular formula is C15H24N4O2. The summed E-state index contributed by atoms with van der Waals surface area (Å²) in [6, 6.07) is 0.